The number of para-hydroxylation sites is 3. The van der Waals surface area contributed by atoms with Gasteiger partial charge in [0.15, 0.2) is 0 Å². The molecule has 2 unspecified atom stereocenters. The van der Waals surface area contributed by atoms with Gasteiger partial charge in [-0.05, 0) is 164 Å². The van der Waals surface area contributed by atoms with E-state index in [9.17, 15) is 0 Å². The molecule has 3 nitrogen and oxygen atoms in total. The lowest BCUT2D eigenvalue weighted by molar-refractivity contribution is 0.670. The van der Waals surface area contributed by atoms with Crippen molar-refractivity contribution in [3.05, 3.63) is 285 Å². The van der Waals surface area contributed by atoms with Crippen LogP contribution in [0.5, 0.6) is 0 Å². The largest absolute Gasteiger partial charge is 0.455 e. The Morgan fingerprint density at radius 1 is 0.320 bits per heavy atom. The number of furan rings is 1. The van der Waals surface area contributed by atoms with Gasteiger partial charge in [0.25, 0.3) is 0 Å². The SMILES string of the molecule is C1=CC2c3cc(-c4ccc5c(c4)c4cc(-c6cc(-c7cccc(-c8cccc(-c9cccc(-c%10ccccc%10)c9)c8)c7)c7oc8ccccc8c7c6)ccc4n5-c4ccccc4)ccc3N(c3ccccc3)C2C=C1. The predicted octanol–water partition coefficient (Wildman–Crippen LogP) is 19.4. The van der Waals surface area contributed by atoms with Crippen LogP contribution >= 0.6 is 0 Å². The van der Waals surface area contributed by atoms with Gasteiger partial charge in [0.05, 0.1) is 17.1 Å². The van der Waals surface area contributed by atoms with Gasteiger partial charge in [-0.2, -0.15) is 0 Å². The van der Waals surface area contributed by atoms with Crippen molar-refractivity contribution in [3.8, 4) is 72.4 Å². The molecule has 2 atom stereocenters. The monoisotopic (exact) mass is 956 g/mol. The first kappa shape index (κ1) is 42.9. The number of benzene rings is 11. The summed E-state index contributed by atoms with van der Waals surface area (Å²) < 4.78 is 9.22. The second kappa shape index (κ2) is 17.5. The van der Waals surface area contributed by atoms with Gasteiger partial charge in [0.2, 0.25) is 0 Å². The van der Waals surface area contributed by atoms with Gasteiger partial charge in [-0.15, -0.1) is 0 Å². The maximum absolute atomic E-state index is 6.81. The van der Waals surface area contributed by atoms with E-state index >= 15 is 0 Å². The molecule has 2 aliphatic rings. The van der Waals surface area contributed by atoms with Crippen molar-refractivity contribution in [1.82, 2.24) is 4.57 Å². The predicted molar refractivity (Wildman–Crippen MR) is 314 cm³/mol. The summed E-state index contributed by atoms with van der Waals surface area (Å²) in [5.41, 5.74) is 23.1. The van der Waals surface area contributed by atoms with Gasteiger partial charge in [-0.1, -0.05) is 182 Å². The van der Waals surface area contributed by atoms with Gasteiger partial charge in [0, 0.05) is 50.1 Å². The number of hydrogen-bond acceptors (Lipinski definition) is 2. The smallest absolute Gasteiger partial charge is 0.143 e. The molecule has 3 heteroatoms. The van der Waals surface area contributed by atoms with Crippen LogP contribution in [0.25, 0.3) is 116 Å². The Labute approximate surface area is 435 Å². The molecule has 0 fully saturated rings. The quantitative estimate of drug-likeness (QED) is 0.151. The van der Waals surface area contributed by atoms with Gasteiger partial charge >= 0.3 is 0 Å². The Hall–Kier alpha value is -9.70. The Morgan fingerprint density at radius 3 is 1.49 bits per heavy atom. The minimum Gasteiger partial charge on any atom is -0.455 e. The maximum atomic E-state index is 6.81. The highest BCUT2D eigenvalue weighted by atomic mass is 16.3. The summed E-state index contributed by atoms with van der Waals surface area (Å²) in [7, 11) is 0. The molecule has 1 aliphatic heterocycles. The third-order valence-corrected chi connectivity index (χ3v) is 15.7. The molecule has 352 valence electrons. The fourth-order valence-corrected chi connectivity index (χ4v) is 12.1. The van der Waals surface area contributed by atoms with Gasteiger partial charge in [-0.3, -0.25) is 0 Å². The second-order valence-corrected chi connectivity index (χ2v) is 20.0. The molecule has 2 aromatic heterocycles. The Morgan fingerprint density at radius 2 is 0.813 bits per heavy atom. The topological polar surface area (TPSA) is 21.3 Å². The summed E-state index contributed by atoms with van der Waals surface area (Å²) >= 11 is 0. The molecule has 15 rings (SSSR count). The van der Waals surface area contributed by atoms with Crippen LogP contribution in [0.15, 0.2) is 284 Å². The molecule has 0 radical (unpaired) electrons. The van der Waals surface area contributed by atoms with E-state index in [4.69, 9.17) is 4.42 Å². The number of anilines is 2. The lowest BCUT2D eigenvalue weighted by atomic mass is 9.89. The van der Waals surface area contributed by atoms with Crippen molar-refractivity contribution in [1.29, 1.82) is 0 Å². The molecule has 13 aromatic rings. The molecule has 0 saturated carbocycles. The summed E-state index contributed by atoms with van der Waals surface area (Å²) in [4.78, 5) is 2.50. The molecular weight excluding hydrogens is 909 g/mol. The molecule has 1 aliphatic carbocycles. The highest BCUT2D eigenvalue weighted by molar-refractivity contribution is 6.14. The minimum absolute atomic E-state index is 0.239. The van der Waals surface area contributed by atoms with Crippen LogP contribution in [0.3, 0.4) is 0 Å². The second-order valence-electron chi connectivity index (χ2n) is 20.0. The van der Waals surface area contributed by atoms with E-state index in [0.29, 0.717) is 0 Å². The van der Waals surface area contributed by atoms with Gasteiger partial charge in [-0.25, -0.2) is 0 Å². The van der Waals surface area contributed by atoms with Crippen LogP contribution in [-0.2, 0) is 0 Å². The molecular formula is C72H48N2O. The zero-order valence-corrected chi connectivity index (χ0v) is 41.0. The van der Waals surface area contributed by atoms with E-state index in [2.05, 4.69) is 289 Å². The van der Waals surface area contributed by atoms with E-state index in [1.807, 2.05) is 0 Å². The molecule has 0 N–H and O–H groups in total. The highest BCUT2D eigenvalue weighted by Crippen LogP contribution is 2.49. The summed E-state index contributed by atoms with van der Waals surface area (Å²) in [6.07, 6.45) is 9.11. The van der Waals surface area contributed by atoms with E-state index in [1.54, 1.807) is 0 Å². The first-order valence-electron chi connectivity index (χ1n) is 26.0. The van der Waals surface area contributed by atoms with Crippen molar-refractivity contribution >= 4 is 55.1 Å². The van der Waals surface area contributed by atoms with Crippen LogP contribution in [0.1, 0.15) is 11.5 Å². The summed E-state index contributed by atoms with van der Waals surface area (Å²) in [6, 6.07) is 93.3. The van der Waals surface area contributed by atoms with Crippen LogP contribution in [0, 0.1) is 0 Å². The molecule has 0 amide bonds. The zero-order chi connectivity index (χ0) is 49.4. The van der Waals surface area contributed by atoms with E-state index < -0.39 is 0 Å². The maximum Gasteiger partial charge on any atom is 0.143 e. The average molecular weight is 957 g/mol. The molecule has 0 spiro atoms. The third-order valence-electron chi connectivity index (χ3n) is 15.7. The standard InChI is InChI=1S/C72H48N2O/c1-4-17-47(18-5-1)48-19-14-20-49(39-48)50-21-15-22-51(40-50)52-23-16-24-56(41-52)62-45-57(46-66-61-30-11-13-32-71(61)75-72(62)66)55-35-38-70-65(44-55)64-43-54(34-37-69(64)74(70)59-27-8-3-9-28-59)53-33-36-68-63(42-53)60-29-10-12-31-67(60)73(68)58-25-6-2-7-26-58/h1-46,60,67H. The van der Waals surface area contributed by atoms with Gasteiger partial charge in [0.1, 0.15) is 11.2 Å². The molecule has 0 saturated heterocycles. The number of allylic oxidation sites excluding steroid dienone is 2. The fraction of sp³-hybridized carbons (Fsp3) is 0.0278. The van der Waals surface area contributed by atoms with Crippen LogP contribution < -0.4 is 4.90 Å². The highest BCUT2D eigenvalue weighted by Gasteiger charge is 2.37. The summed E-state index contributed by atoms with van der Waals surface area (Å²) in [5.74, 6) is 0.272. The lowest BCUT2D eigenvalue weighted by Crippen LogP contribution is -2.28. The number of nitrogens with zero attached hydrogens (tertiary/aromatic N) is 2. The Kier molecular flexibility index (Phi) is 10.0. The average Bonchev–Trinajstić information content (AvgIpc) is 4.20. The number of hydrogen-bond donors (Lipinski definition) is 0. The summed E-state index contributed by atoms with van der Waals surface area (Å²) in [6.45, 7) is 0. The number of fused-ring (bicyclic) bond motifs is 9. The van der Waals surface area contributed by atoms with Crippen LogP contribution in [-0.4, -0.2) is 10.6 Å². The van der Waals surface area contributed by atoms with Crippen LogP contribution in [0.4, 0.5) is 11.4 Å². The normalized spacial score (nSPS) is 14.8. The molecule has 3 heterocycles. The Bertz CT molecular complexity index is 4420. The molecule has 11 aromatic carbocycles. The van der Waals surface area contributed by atoms with Crippen molar-refractivity contribution in [3.63, 3.8) is 0 Å². The van der Waals surface area contributed by atoms with E-state index in [0.717, 1.165) is 61.0 Å². The van der Waals surface area contributed by atoms with Crippen molar-refractivity contribution in [2.75, 3.05) is 4.90 Å². The zero-order valence-electron chi connectivity index (χ0n) is 41.0. The summed E-state index contributed by atoms with van der Waals surface area (Å²) in [5, 5.41) is 4.64. The third kappa shape index (κ3) is 7.27. The van der Waals surface area contributed by atoms with E-state index in [-0.39, 0.29) is 12.0 Å². The fourth-order valence-electron chi connectivity index (χ4n) is 12.1. The van der Waals surface area contributed by atoms with Crippen LogP contribution in [0.2, 0.25) is 0 Å². The van der Waals surface area contributed by atoms with Crippen molar-refractivity contribution in [2.45, 2.75) is 12.0 Å². The van der Waals surface area contributed by atoms with Crippen molar-refractivity contribution in [2.24, 2.45) is 0 Å². The first-order valence-corrected chi connectivity index (χ1v) is 26.0. The van der Waals surface area contributed by atoms with E-state index in [1.165, 1.54) is 72.1 Å². The van der Waals surface area contributed by atoms with Crippen molar-refractivity contribution < 1.29 is 4.42 Å². The molecule has 75 heavy (non-hydrogen) atoms. The minimum atomic E-state index is 0.239. The van der Waals surface area contributed by atoms with Gasteiger partial charge < -0.3 is 13.9 Å². The first-order chi connectivity index (χ1) is 37.2. The molecule has 0 bridgehead atoms. The Balaban J connectivity index is 0.859. The lowest BCUT2D eigenvalue weighted by Gasteiger charge is -2.28. The number of rotatable bonds is 8. The number of aromatic nitrogens is 1.